The van der Waals surface area contributed by atoms with E-state index in [4.69, 9.17) is 27.6 Å². The number of fused-ring (bicyclic) bond motifs is 1. The molecule has 0 saturated heterocycles. The number of rotatable bonds is 3. The van der Waals surface area contributed by atoms with Crippen molar-refractivity contribution in [2.75, 3.05) is 5.32 Å². The fourth-order valence-corrected chi connectivity index (χ4v) is 2.73. The summed E-state index contributed by atoms with van der Waals surface area (Å²) in [6.45, 7) is 2.63. The molecule has 0 aliphatic carbocycles. The summed E-state index contributed by atoms with van der Waals surface area (Å²) < 4.78 is 5.74. The molecule has 0 amide bonds. The molecule has 0 aliphatic heterocycles. The van der Waals surface area contributed by atoms with Gasteiger partial charge in [-0.15, -0.1) is 0 Å². The Labute approximate surface area is 127 Å². The van der Waals surface area contributed by atoms with Crippen molar-refractivity contribution in [3.63, 3.8) is 0 Å². The molecule has 0 bridgehead atoms. The summed E-state index contributed by atoms with van der Waals surface area (Å²) >= 11 is 12.1. The molecule has 2 aromatic carbocycles. The zero-order chi connectivity index (χ0) is 14.1. The molecule has 3 rings (SSSR count). The highest BCUT2D eigenvalue weighted by atomic mass is 35.5. The van der Waals surface area contributed by atoms with E-state index in [0.717, 1.165) is 28.0 Å². The monoisotopic (exact) mass is 305 g/mol. The Morgan fingerprint density at radius 3 is 2.70 bits per heavy atom. The summed E-state index contributed by atoms with van der Waals surface area (Å²) in [5, 5.41) is 5.70. The van der Waals surface area contributed by atoms with Crippen LogP contribution in [-0.4, -0.2) is 0 Å². The minimum absolute atomic E-state index is 0.614. The second-order valence-corrected chi connectivity index (χ2v) is 5.45. The van der Waals surface area contributed by atoms with E-state index in [1.54, 1.807) is 6.07 Å². The van der Waals surface area contributed by atoms with Gasteiger partial charge < -0.3 is 9.73 Å². The van der Waals surface area contributed by atoms with Crippen molar-refractivity contribution >= 4 is 39.9 Å². The van der Waals surface area contributed by atoms with Gasteiger partial charge in [0.15, 0.2) is 0 Å². The molecule has 0 unspecified atom stereocenters. The fraction of sp³-hybridized carbons (Fsp3) is 0.125. The van der Waals surface area contributed by atoms with Gasteiger partial charge in [0.1, 0.15) is 11.3 Å². The molecule has 0 aliphatic rings. The highest BCUT2D eigenvalue weighted by Gasteiger charge is 2.10. The predicted octanol–water partition coefficient (Wildman–Crippen LogP) is 5.66. The average Bonchev–Trinajstić information content (AvgIpc) is 2.74. The number of furan rings is 1. The van der Waals surface area contributed by atoms with Gasteiger partial charge in [-0.05, 0) is 31.2 Å². The van der Waals surface area contributed by atoms with Gasteiger partial charge in [-0.25, -0.2) is 0 Å². The van der Waals surface area contributed by atoms with Crippen LogP contribution in [-0.2, 0) is 6.54 Å². The Hall–Kier alpha value is -1.64. The van der Waals surface area contributed by atoms with E-state index in [0.29, 0.717) is 16.6 Å². The predicted molar refractivity (Wildman–Crippen MR) is 84.7 cm³/mol. The van der Waals surface area contributed by atoms with E-state index in [2.05, 4.69) is 11.4 Å². The first kappa shape index (κ1) is 13.3. The van der Waals surface area contributed by atoms with Crippen molar-refractivity contribution in [1.29, 1.82) is 0 Å². The number of hydrogen-bond donors (Lipinski definition) is 1. The van der Waals surface area contributed by atoms with Crippen molar-refractivity contribution in [2.24, 2.45) is 0 Å². The van der Waals surface area contributed by atoms with Crippen LogP contribution >= 0.6 is 23.2 Å². The smallest absolute Gasteiger partial charge is 0.134 e. The molecule has 1 aromatic heterocycles. The lowest BCUT2D eigenvalue weighted by molar-refractivity contribution is 0.573. The molecular weight excluding hydrogens is 293 g/mol. The number of hydrogen-bond acceptors (Lipinski definition) is 2. The third-order valence-corrected chi connectivity index (χ3v) is 3.83. The van der Waals surface area contributed by atoms with Crippen LogP contribution in [0, 0.1) is 6.92 Å². The molecule has 0 spiro atoms. The summed E-state index contributed by atoms with van der Waals surface area (Å²) in [6.07, 6.45) is 0. The quantitative estimate of drug-likeness (QED) is 0.675. The molecule has 102 valence electrons. The number of aryl methyl sites for hydroxylation is 1. The standard InChI is InChI=1S/C16H13Cl2NO/c1-10-13(12-4-2-3-5-16(12)20-10)9-19-15-7-6-11(17)8-14(15)18/h2-8,19H,9H2,1H3. The van der Waals surface area contributed by atoms with Crippen LogP contribution in [0.3, 0.4) is 0 Å². The Morgan fingerprint density at radius 1 is 1.10 bits per heavy atom. The third-order valence-electron chi connectivity index (χ3n) is 3.29. The topological polar surface area (TPSA) is 25.2 Å². The SMILES string of the molecule is Cc1oc2ccccc2c1CNc1ccc(Cl)cc1Cl. The maximum absolute atomic E-state index is 6.16. The molecular formula is C16H13Cl2NO. The zero-order valence-electron chi connectivity index (χ0n) is 10.9. The van der Waals surface area contributed by atoms with Crippen molar-refractivity contribution < 1.29 is 4.42 Å². The minimum atomic E-state index is 0.614. The fourth-order valence-electron chi connectivity index (χ4n) is 2.26. The Morgan fingerprint density at radius 2 is 1.90 bits per heavy atom. The second kappa shape index (κ2) is 5.39. The Kier molecular flexibility index (Phi) is 3.60. The maximum Gasteiger partial charge on any atom is 0.134 e. The zero-order valence-corrected chi connectivity index (χ0v) is 12.4. The van der Waals surface area contributed by atoms with Crippen LogP contribution in [0.25, 0.3) is 11.0 Å². The van der Waals surface area contributed by atoms with E-state index in [1.165, 1.54) is 0 Å². The molecule has 2 nitrogen and oxygen atoms in total. The number of nitrogens with one attached hydrogen (secondary N) is 1. The molecule has 0 saturated carbocycles. The van der Waals surface area contributed by atoms with Gasteiger partial charge in [0.05, 0.1) is 10.7 Å². The van der Waals surface area contributed by atoms with E-state index >= 15 is 0 Å². The molecule has 1 heterocycles. The summed E-state index contributed by atoms with van der Waals surface area (Å²) in [7, 11) is 0. The highest BCUT2D eigenvalue weighted by molar-refractivity contribution is 6.36. The largest absolute Gasteiger partial charge is 0.461 e. The van der Waals surface area contributed by atoms with Crippen molar-refractivity contribution in [3.8, 4) is 0 Å². The van der Waals surface area contributed by atoms with Gasteiger partial charge >= 0.3 is 0 Å². The third kappa shape index (κ3) is 2.49. The normalized spacial score (nSPS) is 10.9. The van der Waals surface area contributed by atoms with Crippen LogP contribution in [0.5, 0.6) is 0 Å². The first-order valence-electron chi connectivity index (χ1n) is 6.31. The van der Waals surface area contributed by atoms with Gasteiger partial charge in [0.25, 0.3) is 0 Å². The lowest BCUT2D eigenvalue weighted by Crippen LogP contribution is -2.00. The number of anilines is 1. The molecule has 0 fully saturated rings. The molecule has 0 radical (unpaired) electrons. The first-order chi connectivity index (χ1) is 9.65. The molecule has 20 heavy (non-hydrogen) atoms. The van der Waals surface area contributed by atoms with Crippen LogP contribution in [0.2, 0.25) is 10.0 Å². The van der Waals surface area contributed by atoms with Gasteiger partial charge in [-0.1, -0.05) is 41.4 Å². The van der Waals surface area contributed by atoms with Gasteiger partial charge in [0, 0.05) is 22.5 Å². The molecule has 1 N–H and O–H groups in total. The number of benzene rings is 2. The van der Waals surface area contributed by atoms with Gasteiger partial charge in [-0.2, -0.15) is 0 Å². The summed E-state index contributed by atoms with van der Waals surface area (Å²) in [5.74, 6) is 0.920. The summed E-state index contributed by atoms with van der Waals surface area (Å²) in [4.78, 5) is 0. The van der Waals surface area contributed by atoms with Crippen molar-refractivity contribution in [1.82, 2.24) is 0 Å². The van der Waals surface area contributed by atoms with Crippen molar-refractivity contribution in [3.05, 3.63) is 63.8 Å². The maximum atomic E-state index is 6.16. The lowest BCUT2D eigenvalue weighted by Gasteiger charge is -2.08. The summed E-state index contributed by atoms with van der Waals surface area (Å²) in [5.41, 5.74) is 2.91. The van der Waals surface area contributed by atoms with Crippen LogP contribution in [0.4, 0.5) is 5.69 Å². The van der Waals surface area contributed by atoms with E-state index in [1.807, 2.05) is 37.3 Å². The first-order valence-corrected chi connectivity index (χ1v) is 7.06. The van der Waals surface area contributed by atoms with Crippen LogP contribution in [0.15, 0.2) is 46.9 Å². The Bertz CT molecular complexity index is 764. The minimum Gasteiger partial charge on any atom is -0.461 e. The molecule has 3 aromatic rings. The Balaban J connectivity index is 1.88. The van der Waals surface area contributed by atoms with E-state index in [-0.39, 0.29) is 0 Å². The lowest BCUT2D eigenvalue weighted by atomic mass is 10.1. The average molecular weight is 306 g/mol. The second-order valence-electron chi connectivity index (χ2n) is 4.61. The highest BCUT2D eigenvalue weighted by Crippen LogP contribution is 2.29. The number of halogens is 2. The number of para-hydroxylation sites is 1. The summed E-state index contributed by atoms with van der Waals surface area (Å²) in [6, 6.07) is 13.4. The van der Waals surface area contributed by atoms with E-state index in [9.17, 15) is 0 Å². The van der Waals surface area contributed by atoms with E-state index < -0.39 is 0 Å². The molecule has 4 heteroatoms. The van der Waals surface area contributed by atoms with Gasteiger partial charge in [-0.3, -0.25) is 0 Å². The van der Waals surface area contributed by atoms with Crippen LogP contribution in [0.1, 0.15) is 11.3 Å². The molecule has 0 atom stereocenters. The van der Waals surface area contributed by atoms with Crippen molar-refractivity contribution in [2.45, 2.75) is 13.5 Å². The van der Waals surface area contributed by atoms with Gasteiger partial charge in [0.2, 0.25) is 0 Å². The van der Waals surface area contributed by atoms with Crippen LogP contribution < -0.4 is 5.32 Å².